The van der Waals surface area contributed by atoms with E-state index >= 15 is 0 Å². The molecule has 0 saturated carbocycles. The van der Waals surface area contributed by atoms with Gasteiger partial charge < -0.3 is 10.5 Å². The van der Waals surface area contributed by atoms with Gasteiger partial charge in [0.2, 0.25) is 0 Å². The second-order valence-corrected chi connectivity index (χ2v) is 3.29. The average Bonchev–Trinajstić information content (AvgIpc) is 2.28. The lowest BCUT2D eigenvalue weighted by Crippen LogP contribution is -2.40. The predicted octanol–water partition coefficient (Wildman–Crippen LogP) is 0.905. The van der Waals surface area contributed by atoms with Crippen molar-refractivity contribution in [3.8, 4) is 6.07 Å². The van der Waals surface area contributed by atoms with E-state index in [1.165, 1.54) is 7.11 Å². The lowest BCUT2D eigenvalue weighted by molar-refractivity contribution is -0.139. The number of benzene rings is 1. The number of carbonyl (C=O) groups excluding carboxylic acids is 1. The van der Waals surface area contributed by atoms with Crippen LogP contribution < -0.4 is 5.73 Å². The van der Waals surface area contributed by atoms with Crippen LogP contribution in [0.15, 0.2) is 24.3 Å². The smallest absolute Gasteiger partial charge is 0.254 e. The van der Waals surface area contributed by atoms with Crippen LogP contribution in [-0.2, 0) is 15.1 Å². The third kappa shape index (κ3) is 1.97. The number of carbonyl (C=O) groups is 1. The molecule has 1 aromatic carbocycles. The molecule has 2 N–H and O–H groups in total. The molecule has 0 aliphatic rings. The van der Waals surface area contributed by atoms with Crippen LogP contribution in [0.1, 0.15) is 18.1 Å². The molecular formula is C11H12N2O2. The summed E-state index contributed by atoms with van der Waals surface area (Å²) in [6.07, 6.45) is 0. The highest BCUT2D eigenvalue weighted by Gasteiger charge is 2.32. The summed E-state index contributed by atoms with van der Waals surface area (Å²) in [6.45, 7) is 1.59. The van der Waals surface area contributed by atoms with Crippen LogP contribution in [0.5, 0.6) is 0 Å². The zero-order chi connectivity index (χ0) is 11.5. The zero-order valence-electron chi connectivity index (χ0n) is 8.65. The van der Waals surface area contributed by atoms with Gasteiger partial charge in [-0.2, -0.15) is 5.26 Å². The molecule has 0 saturated heterocycles. The summed E-state index contributed by atoms with van der Waals surface area (Å²) < 4.78 is 5.10. The minimum Gasteiger partial charge on any atom is -0.367 e. The van der Waals surface area contributed by atoms with E-state index < -0.39 is 11.5 Å². The van der Waals surface area contributed by atoms with Crippen LogP contribution in [0, 0.1) is 11.3 Å². The first-order chi connectivity index (χ1) is 7.04. The van der Waals surface area contributed by atoms with E-state index in [1.807, 2.05) is 6.07 Å². The van der Waals surface area contributed by atoms with Crippen LogP contribution in [0.2, 0.25) is 0 Å². The molecule has 1 unspecified atom stereocenters. The van der Waals surface area contributed by atoms with Crippen LogP contribution in [0.25, 0.3) is 0 Å². The molecule has 0 radical (unpaired) electrons. The second kappa shape index (κ2) is 4.11. The first kappa shape index (κ1) is 11.2. The standard InChI is InChI=1S/C11H12N2O2/c1-11(15-2,10(13)14)9-5-3-8(7-12)4-6-9/h3-6H,1-2H3,(H2,13,14). The number of ether oxygens (including phenoxy) is 1. The summed E-state index contributed by atoms with van der Waals surface area (Å²) in [5, 5.41) is 8.62. The quantitative estimate of drug-likeness (QED) is 0.794. The van der Waals surface area contributed by atoms with E-state index in [1.54, 1.807) is 31.2 Å². The molecule has 0 fully saturated rings. The Morgan fingerprint density at radius 3 is 2.33 bits per heavy atom. The molecular weight excluding hydrogens is 192 g/mol. The Bertz CT molecular complexity index is 406. The maximum Gasteiger partial charge on any atom is 0.254 e. The topological polar surface area (TPSA) is 76.1 Å². The summed E-state index contributed by atoms with van der Waals surface area (Å²) in [4.78, 5) is 11.2. The van der Waals surface area contributed by atoms with E-state index in [2.05, 4.69) is 0 Å². The van der Waals surface area contributed by atoms with E-state index in [4.69, 9.17) is 15.7 Å². The molecule has 78 valence electrons. The third-order valence-corrected chi connectivity index (χ3v) is 2.44. The first-order valence-electron chi connectivity index (χ1n) is 4.40. The number of nitrogens with zero attached hydrogens (tertiary/aromatic N) is 1. The lowest BCUT2D eigenvalue weighted by atomic mass is 9.94. The van der Waals surface area contributed by atoms with E-state index in [9.17, 15) is 4.79 Å². The molecule has 1 aromatic rings. The molecule has 4 nitrogen and oxygen atoms in total. The van der Waals surface area contributed by atoms with Gasteiger partial charge in [-0.3, -0.25) is 4.79 Å². The monoisotopic (exact) mass is 204 g/mol. The van der Waals surface area contributed by atoms with Crippen molar-refractivity contribution in [3.63, 3.8) is 0 Å². The van der Waals surface area contributed by atoms with Crippen molar-refractivity contribution in [1.82, 2.24) is 0 Å². The molecule has 0 bridgehead atoms. The average molecular weight is 204 g/mol. The number of amides is 1. The van der Waals surface area contributed by atoms with Gasteiger partial charge in [-0.05, 0) is 24.6 Å². The fourth-order valence-corrected chi connectivity index (χ4v) is 1.22. The highest BCUT2D eigenvalue weighted by molar-refractivity contribution is 5.84. The molecule has 0 heterocycles. The van der Waals surface area contributed by atoms with Gasteiger partial charge in [0, 0.05) is 7.11 Å². The van der Waals surface area contributed by atoms with Gasteiger partial charge in [0.1, 0.15) is 0 Å². The Morgan fingerprint density at radius 2 is 2.00 bits per heavy atom. The minimum absolute atomic E-state index is 0.529. The van der Waals surface area contributed by atoms with Crippen molar-refractivity contribution in [3.05, 3.63) is 35.4 Å². The molecule has 1 amide bonds. The normalized spacial score (nSPS) is 13.9. The van der Waals surface area contributed by atoms with Crippen LogP contribution in [0.3, 0.4) is 0 Å². The molecule has 1 atom stereocenters. The van der Waals surface area contributed by atoms with E-state index in [0.29, 0.717) is 11.1 Å². The molecule has 0 spiro atoms. The number of nitriles is 1. The van der Waals surface area contributed by atoms with Gasteiger partial charge in [0.25, 0.3) is 5.91 Å². The fourth-order valence-electron chi connectivity index (χ4n) is 1.22. The van der Waals surface area contributed by atoms with Gasteiger partial charge in [0.15, 0.2) is 5.60 Å². The van der Waals surface area contributed by atoms with E-state index in [-0.39, 0.29) is 0 Å². The Balaban J connectivity index is 3.15. The SMILES string of the molecule is COC(C)(C(N)=O)c1ccc(C#N)cc1. The number of primary amides is 1. The highest BCUT2D eigenvalue weighted by Crippen LogP contribution is 2.24. The van der Waals surface area contributed by atoms with Crippen molar-refractivity contribution in [2.75, 3.05) is 7.11 Å². The number of rotatable bonds is 3. The van der Waals surface area contributed by atoms with Crippen molar-refractivity contribution in [2.45, 2.75) is 12.5 Å². The largest absolute Gasteiger partial charge is 0.367 e. The third-order valence-electron chi connectivity index (χ3n) is 2.44. The predicted molar refractivity (Wildman–Crippen MR) is 54.7 cm³/mol. The highest BCUT2D eigenvalue weighted by atomic mass is 16.5. The van der Waals surface area contributed by atoms with Crippen molar-refractivity contribution < 1.29 is 9.53 Å². The first-order valence-corrected chi connectivity index (χ1v) is 4.40. The molecule has 15 heavy (non-hydrogen) atoms. The zero-order valence-corrected chi connectivity index (χ0v) is 8.65. The Labute approximate surface area is 88.3 Å². The van der Waals surface area contributed by atoms with Gasteiger partial charge in [-0.15, -0.1) is 0 Å². The van der Waals surface area contributed by atoms with Crippen molar-refractivity contribution >= 4 is 5.91 Å². The summed E-state index contributed by atoms with van der Waals surface area (Å²) in [7, 11) is 1.42. The summed E-state index contributed by atoms with van der Waals surface area (Å²) in [5.74, 6) is -0.560. The Morgan fingerprint density at radius 1 is 1.47 bits per heavy atom. The van der Waals surface area contributed by atoms with Crippen molar-refractivity contribution in [1.29, 1.82) is 5.26 Å². The van der Waals surface area contributed by atoms with Gasteiger partial charge >= 0.3 is 0 Å². The second-order valence-electron chi connectivity index (χ2n) is 3.29. The number of hydrogen-bond acceptors (Lipinski definition) is 3. The van der Waals surface area contributed by atoms with E-state index in [0.717, 1.165) is 0 Å². The maximum absolute atomic E-state index is 11.2. The Hall–Kier alpha value is -1.86. The number of hydrogen-bond donors (Lipinski definition) is 1. The lowest BCUT2D eigenvalue weighted by Gasteiger charge is -2.24. The van der Waals surface area contributed by atoms with Gasteiger partial charge in [-0.1, -0.05) is 12.1 Å². The van der Waals surface area contributed by atoms with Gasteiger partial charge in [-0.25, -0.2) is 0 Å². The fraction of sp³-hybridized carbons (Fsp3) is 0.273. The minimum atomic E-state index is -1.14. The van der Waals surface area contributed by atoms with Crippen LogP contribution in [0.4, 0.5) is 0 Å². The van der Waals surface area contributed by atoms with Crippen molar-refractivity contribution in [2.24, 2.45) is 5.73 Å². The maximum atomic E-state index is 11.2. The number of methoxy groups -OCH3 is 1. The summed E-state index contributed by atoms with van der Waals surface area (Å²) >= 11 is 0. The summed E-state index contributed by atoms with van der Waals surface area (Å²) in [6, 6.07) is 8.56. The Kier molecular flexibility index (Phi) is 3.08. The molecule has 0 aliphatic carbocycles. The molecule has 4 heteroatoms. The molecule has 0 aromatic heterocycles. The van der Waals surface area contributed by atoms with Crippen LogP contribution in [-0.4, -0.2) is 13.0 Å². The van der Waals surface area contributed by atoms with Gasteiger partial charge in [0.05, 0.1) is 11.6 Å². The van der Waals surface area contributed by atoms with Crippen LogP contribution >= 0.6 is 0 Å². The number of nitrogens with two attached hydrogens (primary N) is 1. The molecule has 0 aliphatic heterocycles. The summed E-state index contributed by atoms with van der Waals surface area (Å²) in [5.41, 5.74) is 5.28. The molecule has 1 rings (SSSR count).